The Morgan fingerprint density at radius 1 is 0.765 bits per heavy atom. The Hall–Kier alpha value is -3.40. The smallest absolute Gasteiger partial charge is 0.145 e. The van der Waals surface area contributed by atoms with E-state index in [0.717, 1.165) is 43.4 Å². The summed E-state index contributed by atoms with van der Waals surface area (Å²) < 4.78 is 11.0. The third-order valence-electron chi connectivity index (χ3n) is 7.73. The molecule has 0 spiro atoms. The summed E-state index contributed by atoms with van der Waals surface area (Å²) in [7, 11) is 3.42. The van der Waals surface area contributed by atoms with Crippen LogP contribution in [0.1, 0.15) is 30.4 Å². The highest BCUT2D eigenvalue weighted by atomic mass is 16.5. The van der Waals surface area contributed by atoms with Gasteiger partial charge in [0, 0.05) is 37.9 Å². The van der Waals surface area contributed by atoms with E-state index < -0.39 is 0 Å². The number of anilines is 2. The first-order chi connectivity index (χ1) is 16.7. The molecule has 34 heavy (non-hydrogen) atoms. The number of hydrogen-bond acceptors (Lipinski definition) is 4. The van der Waals surface area contributed by atoms with Gasteiger partial charge in [-0.25, -0.2) is 0 Å². The van der Waals surface area contributed by atoms with Crippen LogP contribution in [-0.2, 0) is 6.42 Å². The zero-order valence-corrected chi connectivity index (χ0v) is 20.1. The van der Waals surface area contributed by atoms with Gasteiger partial charge in [0.25, 0.3) is 0 Å². The van der Waals surface area contributed by atoms with Crippen molar-refractivity contribution < 1.29 is 9.47 Å². The Morgan fingerprint density at radius 2 is 1.62 bits per heavy atom. The largest absolute Gasteiger partial charge is 0.497 e. The van der Waals surface area contributed by atoms with Gasteiger partial charge in [-0.2, -0.15) is 0 Å². The third-order valence-corrected chi connectivity index (χ3v) is 7.73. The fourth-order valence-corrected chi connectivity index (χ4v) is 5.88. The molecule has 0 radical (unpaired) electrons. The van der Waals surface area contributed by atoms with Crippen LogP contribution in [0.3, 0.4) is 0 Å². The number of ether oxygens (including phenoxy) is 2. The molecular weight excluding hydrogens is 420 g/mol. The van der Waals surface area contributed by atoms with Gasteiger partial charge in [0.2, 0.25) is 0 Å². The van der Waals surface area contributed by atoms with Crippen LogP contribution in [0.4, 0.5) is 11.4 Å². The zero-order chi connectivity index (χ0) is 23.1. The predicted molar refractivity (Wildman–Crippen MR) is 142 cm³/mol. The molecule has 0 bridgehead atoms. The molecule has 0 amide bonds. The molecule has 4 nitrogen and oxygen atoms in total. The minimum Gasteiger partial charge on any atom is -0.497 e. The molecule has 4 heteroatoms. The highest BCUT2D eigenvalue weighted by Gasteiger charge is 2.23. The van der Waals surface area contributed by atoms with Gasteiger partial charge < -0.3 is 19.3 Å². The second-order valence-corrected chi connectivity index (χ2v) is 9.47. The van der Waals surface area contributed by atoms with Gasteiger partial charge in [-0.1, -0.05) is 35.9 Å². The fraction of sp³-hybridized carbons (Fsp3) is 0.333. The molecule has 6 rings (SSSR count). The number of benzene rings is 3. The van der Waals surface area contributed by atoms with Gasteiger partial charge in [-0.15, -0.1) is 0 Å². The molecule has 0 saturated carbocycles. The molecular formula is C30H32N2O2. The maximum Gasteiger partial charge on any atom is 0.145 e. The summed E-state index contributed by atoms with van der Waals surface area (Å²) in [6.07, 6.45) is 9.50. The first kappa shape index (κ1) is 21.2. The molecule has 3 aliphatic rings. The summed E-state index contributed by atoms with van der Waals surface area (Å²) in [5.74, 6) is 1.69. The highest BCUT2D eigenvalue weighted by molar-refractivity contribution is 5.95. The van der Waals surface area contributed by atoms with Gasteiger partial charge in [0.1, 0.15) is 11.5 Å². The maximum atomic E-state index is 5.64. The van der Waals surface area contributed by atoms with Gasteiger partial charge >= 0.3 is 0 Å². The summed E-state index contributed by atoms with van der Waals surface area (Å²) in [6, 6.07) is 17.8. The van der Waals surface area contributed by atoms with E-state index in [0.29, 0.717) is 0 Å². The number of piperazine rings is 1. The van der Waals surface area contributed by atoms with E-state index in [1.165, 1.54) is 58.8 Å². The van der Waals surface area contributed by atoms with E-state index in [-0.39, 0.29) is 0 Å². The molecule has 174 valence electrons. The monoisotopic (exact) mass is 452 g/mol. The summed E-state index contributed by atoms with van der Waals surface area (Å²) in [5, 5.41) is 2.78. The second-order valence-electron chi connectivity index (χ2n) is 9.47. The molecule has 1 aliphatic heterocycles. The molecule has 1 saturated heterocycles. The zero-order valence-electron chi connectivity index (χ0n) is 20.1. The molecule has 2 aliphatic carbocycles. The van der Waals surface area contributed by atoms with Crippen molar-refractivity contribution in [2.75, 3.05) is 50.2 Å². The van der Waals surface area contributed by atoms with Gasteiger partial charge in [-0.05, 0) is 77.4 Å². The quantitative estimate of drug-likeness (QED) is 0.468. The Bertz CT molecular complexity index is 1300. The van der Waals surface area contributed by atoms with Crippen molar-refractivity contribution in [1.29, 1.82) is 0 Å². The molecule has 3 aromatic carbocycles. The molecule has 1 heterocycles. The van der Waals surface area contributed by atoms with Crippen LogP contribution in [0.2, 0.25) is 0 Å². The van der Waals surface area contributed by atoms with Crippen LogP contribution in [-0.4, -0.2) is 40.4 Å². The third kappa shape index (κ3) is 3.62. The number of fused-ring (bicyclic) bond motifs is 4. The maximum absolute atomic E-state index is 5.64. The Balaban J connectivity index is 1.22. The molecule has 0 N–H and O–H groups in total. The average molecular weight is 453 g/mol. The summed E-state index contributed by atoms with van der Waals surface area (Å²) >= 11 is 0. The number of hydrogen-bond donors (Lipinski definition) is 0. The van der Waals surface area contributed by atoms with Crippen molar-refractivity contribution in [3.63, 3.8) is 0 Å². The van der Waals surface area contributed by atoms with Gasteiger partial charge in [-0.3, -0.25) is 0 Å². The minimum absolute atomic E-state index is 0.824. The minimum atomic E-state index is 0.824. The van der Waals surface area contributed by atoms with E-state index in [1.54, 1.807) is 19.8 Å². The SMILES string of the molecule is COc1ccc(N2CCN(c3ccc4c5c(ccc4c3)C3=C(CCC=C3)CC5)CC2)c(OC)c1. The standard InChI is InChI=1S/C30H32N2O2/c1-33-24-10-14-29(30(20-24)34-2)32-17-15-31(16-18-32)23-9-13-26-22(19-23)8-12-27-25-6-4-3-5-21(25)7-11-28(26)27/h4,6,8-10,12-14,19-20H,3,5,7,11,15-18H2,1-2H3. The first-order valence-electron chi connectivity index (χ1n) is 12.4. The van der Waals surface area contributed by atoms with E-state index in [2.05, 4.69) is 58.4 Å². The van der Waals surface area contributed by atoms with Gasteiger partial charge in [0.15, 0.2) is 0 Å². The van der Waals surface area contributed by atoms with E-state index in [1.807, 2.05) is 12.1 Å². The van der Waals surface area contributed by atoms with Crippen LogP contribution in [0.5, 0.6) is 11.5 Å². The Morgan fingerprint density at radius 3 is 2.44 bits per heavy atom. The van der Waals surface area contributed by atoms with Crippen LogP contribution in [0, 0.1) is 0 Å². The first-order valence-corrected chi connectivity index (χ1v) is 12.4. The number of allylic oxidation sites excluding steroid dienone is 4. The van der Waals surface area contributed by atoms with Crippen LogP contribution in [0.25, 0.3) is 16.3 Å². The average Bonchev–Trinajstić information content (AvgIpc) is 2.92. The summed E-state index contributed by atoms with van der Waals surface area (Å²) in [4.78, 5) is 4.92. The van der Waals surface area contributed by atoms with Crippen molar-refractivity contribution in [2.45, 2.75) is 25.7 Å². The molecule has 0 aromatic heterocycles. The lowest BCUT2D eigenvalue weighted by Gasteiger charge is -2.38. The van der Waals surface area contributed by atoms with Crippen molar-refractivity contribution in [3.05, 3.63) is 77.4 Å². The van der Waals surface area contributed by atoms with Crippen molar-refractivity contribution in [3.8, 4) is 11.5 Å². The molecule has 3 aromatic rings. The van der Waals surface area contributed by atoms with Crippen LogP contribution < -0.4 is 19.3 Å². The number of nitrogens with zero attached hydrogens (tertiary/aromatic N) is 2. The lowest BCUT2D eigenvalue weighted by atomic mass is 9.79. The lowest BCUT2D eigenvalue weighted by molar-refractivity contribution is 0.394. The highest BCUT2D eigenvalue weighted by Crippen LogP contribution is 2.40. The van der Waals surface area contributed by atoms with E-state index in [9.17, 15) is 0 Å². The van der Waals surface area contributed by atoms with E-state index in [4.69, 9.17) is 9.47 Å². The fourth-order valence-electron chi connectivity index (χ4n) is 5.88. The van der Waals surface area contributed by atoms with Gasteiger partial charge in [0.05, 0.1) is 19.9 Å². The number of aryl methyl sites for hydroxylation is 1. The van der Waals surface area contributed by atoms with Crippen molar-refractivity contribution in [1.82, 2.24) is 0 Å². The number of methoxy groups -OCH3 is 2. The molecule has 0 unspecified atom stereocenters. The summed E-state index contributed by atoms with van der Waals surface area (Å²) in [6.45, 7) is 3.92. The predicted octanol–water partition coefficient (Wildman–Crippen LogP) is 6.23. The topological polar surface area (TPSA) is 24.9 Å². The van der Waals surface area contributed by atoms with Crippen LogP contribution in [0.15, 0.2) is 66.3 Å². The molecule has 0 atom stereocenters. The van der Waals surface area contributed by atoms with Crippen LogP contribution >= 0.6 is 0 Å². The molecule has 1 fully saturated rings. The van der Waals surface area contributed by atoms with E-state index >= 15 is 0 Å². The van der Waals surface area contributed by atoms with Crippen molar-refractivity contribution in [2.24, 2.45) is 0 Å². The Labute approximate surface area is 202 Å². The Kier molecular flexibility index (Phi) is 5.44. The normalized spacial score (nSPS) is 17.6. The second kappa shape index (κ2) is 8.75. The number of rotatable bonds is 4. The lowest BCUT2D eigenvalue weighted by Crippen LogP contribution is -2.46. The summed E-state index contributed by atoms with van der Waals surface area (Å²) in [5.41, 5.74) is 8.59. The van der Waals surface area contributed by atoms with Crippen molar-refractivity contribution >= 4 is 27.7 Å².